The Labute approximate surface area is 143 Å². The van der Waals surface area contributed by atoms with Gasteiger partial charge in [0.15, 0.2) is 0 Å². The second-order valence-corrected chi connectivity index (χ2v) is 7.13. The monoisotopic (exact) mass is 324 g/mol. The Morgan fingerprint density at radius 3 is 2.17 bits per heavy atom. The Morgan fingerprint density at radius 2 is 1.58 bits per heavy atom. The van der Waals surface area contributed by atoms with Gasteiger partial charge in [-0.1, -0.05) is 56.7 Å². The molecule has 126 valence electrons. The summed E-state index contributed by atoms with van der Waals surface area (Å²) in [5.74, 6) is -0.501. The molecular weight excluding hydrogens is 300 g/mol. The molecule has 0 aliphatic rings. The first-order valence-corrected chi connectivity index (χ1v) is 8.01. The highest BCUT2D eigenvalue weighted by atomic mass is 16.2. The number of carbonyl (C=O) groups is 2. The Kier molecular flexibility index (Phi) is 5.39. The van der Waals surface area contributed by atoms with E-state index in [0.29, 0.717) is 17.7 Å². The smallest absolute Gasteiger partial charge is 0.267 e. The van der Waals surface area contributed by atoms with Crippen molar-refractivity contribution in [3.63, 3.8) is 0 Å². The van der Waals surface area contributed by atoms with Crippen molar-refractivity contribution >= 4 is 11.8 Å². The predicted molar refractivity (Wildman–Crippen MR) is 95.6 cm³/mol. The summed E-state index contributed by atoms with van der Waals surface area (Å²) in [5, 5.41) is 1.41. The quantitative estimate of drug-likeness (QED) is 0.872. The van der Waals surface area contributed by atoms with Crippen LogP contribution in [0.4, 0.5) is 0 Å². The Balaban J connectivity index is 2.24. The van der Waals surface area contributed by atoms with Crippen LogP contribution in [-0.4, -0.2) is 23.4 Å². The van der Waals surface area contributed by atoms with Crippen molar-refractivity contribution in [1.82, 2.24) is 10.4 Å². The minimum absolute atomic E-state index is 0.149. The molecule has 0 unspecified atom stereocenters. The van der Waals surface area contributed by atoms with E-state index in [1.165, 1.54) is 5.01 Å². The molecule has 0 bridgehead atoms. The van der Waals surface area contributed by atoms with E-state index in [0.717, 1.165) is 5.56 Å². The summed E-state index contributed by atoms with van der Waals surface area (Å²) in [6, 6.07) is 16.3. The molecule has 24 heavy (non-hydrogen) atoms. The highest BCUT2D eigenvalue weighted by Gasteiger charge is 2.24. The first-order valence-electron chi connectivity index (χ1n) is 8.01. The number of nitrogens with one attached hydrogen (secondary N) is 1. The van der Waals surface area contributed by atoms with Crippen LogP contribution in [-0.2, 0) is 0 Å². The third-order valence-corrected chi connectivity index (χ3v) is 3.42. The number of hydrazine groups is 1. The van der Waals surface area contributed by atoms with Gasteiger partial charge in [0.25, 0.3) is 11.8 Å². The minimum Gasteiger partial charge on any atom is -0.267 e. The summed E-state index contributed by atoms with van der Waals surface area (Å²) in [7, 11) is 0. The molecule has 0 radical (unpaired) electrons. The normalized spacial score (nSPS) is 11.0. The van der Waals surface area contributed by atoms with E-state index >= 15 is 0 Å². The van der Waals surface area contributed by atoms with Crippen LogP contribution in [0, 0.1) is 12.3 Å². The van der Waals surface area contributed by atoms with Crippen LogP contribution in [0.1, 0.15) is 47.1 Å². The van der Waals surface area contributed by atoms with Crippen molar-refractivity contribution < 1.29 is 9.59 Å². The molecule has 0 fully saturated rings. The Bertz CT molecular complexity index is 718. The summed E-state index contributed by atoms with van der Waals surface area (Å²) in [5.41, 5.74) is 4.69. The standard InChI is InChI=1S/C20H24N2O2/c1-15-9-8-12-17(13-15)19(24)22(14-20(2,3)4)21-18(23)16-10-6-5-7-11-16/h5-13H,14H2,1-4H3,(H,21,23). The average Bonchev–Trinajstić information content (AvgIpc) is 2.53. The van der Waals surface area contributed by atoms with Crippen molar-refractivity contribution in [2.45, 2.75) is 27.7 Å². The summed E-state index contributed by atoms with van der Waals surface area (Å²) in [6.07, 6.45) is 0. The van der Waals surface area contributed by atoms with Crippen LogP contribution in [0.15, 0.2) is 54.6 Å². The maximum absolute atomic E-state index is 12.9. The Morgan fingerprint density at radius 1 is 0.958 bits per heavy atom. The molecule has 2 aromatic rings. The molecule has 0 saturated carbocycles. The number of amides is 2. The fourth-order valence-electron chi connectivity index (χ4n) is 2.35. The van der Waals surface area contributed by atoms with Crippen molar-refractivity contribution in [2.75, 3.05) is 6.54 Å². The van der Waals surface area contributed by atoms with Crippen LogP contribution in [0.3, 0.4) is 0 Å². The molecule has 0 saturated heterocycles. The zero-order chi connectivity index (χ0) is 17.7. The van der Waals surface area contributed by atoms with Gasteiger partial charge in [-0.2, -0.15) is 0 Å². The van der Waals surface area contributed by atoms with Crippen molar-refractivity contribution in [3.05, 3.63) is 71.3 Å². The fourth-order valence-corrected chi connectivity index (χ4v) is 2.35. The molecule has 2 aromatic carbocycles. The first-order chi connectivity index (χ1) is 11.3. The van der Waals surface area contributed by atoms with E-state index in [9.17, 15) is 9.59 Å². The highest BCUT2D eigenvalue weighted by Crippen LogP contribution is 2.17. The minimum atomic E-state index is -0.291. The van der Waals surface area contributed by atoms with E-state index in [-0.39, 0.29) is 17.2 Å². The predicted octanol–water partition coefficient (Wildman–Crippen LogP) is 3.83. The van der Waals surface area contributed by atoms with Crippen LogP contribution in [0.25, 0.3) is 0 Å². The van der Waals surface area contributed by atoms with E-state index in [1.54, 1.807) is 30.3 Å². The third-order valence-electron chi connectivity index (χ3n) is 3.42. The van der Waals surface area contributed by atoms with Crippen molar-refractivity contribution in [3.8, 4) is 0 Å². The largest absolute Gasteiger partial charge is 0.272 e. The van der Waals surface area contributed by atoms with Crippen LogP contribution in [0.2, 0.25) is 0 Å². The average molecular weight is 324 g/mol. The Hall–Kier alpha value is -2.62. The first kappa shape index (κ1) is 17.7. The van der Waals surface area contributed by atoms with E-state index in [4.69, 9.17) is 0 Å². The fraction of sp³-hybridized carbons (Fsp3) is 0.300. The van der Waals surface area contributed by atoms with Gasteiger partial charge in [-0.15, -0.1) is 0 Å². The molecule has 0 aliphatic carbocycles. The van der Waals surface area contributed by atoms with Gasteiger partial charge < -0.3 is 0 Å². The van der Waals surface area contributed by atoms with Gasteiger partial charge in [-0.25, -0.2) is 5.01 Å². The van der Waals surface area contributed by atoms with Gasteiger partial charge in [0, 0.05) is 17.7 Å². The molecule has 0 spiro atoms. The van der Waals surface area contributed by atoms with Gasteiger partial charge in [0.1, 0.15) is 0 Å². The number of carbonyl (C=O) groups excluding carboxylic acids is 2. The van der Waals surface area contributed by atoms with E-state index < -0.39 is 0 Å². The lowest BCUT2D eigenvalue weighted by molar-refractivity contribution is 0.0509. The molecule has 0 atom stereocenters. The van der Waals surface area contributed by atoms with Gasteiger partial charge in [0.05, 0.1) is 0 Å². The third kappa shape index (κ3) is 4.95. The molecule has 1 N–H and O–H groups in total. The number of nitrogens with zero attached hydrogens (tertiary/aromatic N) is 1. The molecule has 0 aromatic heterocycles. The molecule has 0 heterocycles. The maximum Gasteiger partial charge on any atom is 0.272 e. The van der Waals surface area contributed by atoms with Crippen molar-refractivity contribution in [2.24, 2.45) is 5.41 Å². The van der Waals surface area contributed by atoms with Gasteiger partial charge >= 0.3 is 0 Å². The molecule has 4 heteroatoms. The molecule has 2 amide bonds. The number of hydrogen-bond acceptors (Lipinski definition) is 2. The van der Waals surface area contributed by atoms with Gasteiger partial charge in [-0.3, -0.25) is 15.0 Å². The second kappa shape index (κ2) is 7.30. The summed E-state index contributed by atoms with van der Waals surface area (Å²) < 4.78 is 0. The van der Waals surface area contributed by atoms with Crippen LogP contribution < -0.4 is 5.43 Å². The number of rotatable bonds is 3. The second-order valence-electron chi connectivity index (χ2n) is 7.13. The zero-order valence-electron chi connectivity index (χ0n) is 14.7. The molecule has 4 nitrogen and oxygen atoms in total. The number of benzene rings is 2. The topological polar surface area (TPSA) is 49.4 Å². The molecule has 0 aliphatic heterocycles. The molecular formula is C20H24N2O2. The highest BCUT2D eigenvalue weighted by molar-refractivity contribution is 5.99. The van der Waals surface area contributed by atoms with Crippen molar-refractivity contribution in [1.29, 1.82) is 0 Å². The maximum atomic E-state index is 12.9. The zero-order valence-corrected chi connectivity index (χ0v) is 14.7. The lowest BCUT2D eigenvalue weighted by Crippen LogP contribution is -2.49. The summed E-state index contributed by atoms with van der Waals surface area (Å²) in [4.78, 5) is 25.3. The van der Waals surface area contributed by atoms with E-state index in [2.05, 4.69) is 5.43 Å². The molecule has 2 rings (SSSR count). The summed E-state index contributed by atoms with van der Waals surface area (Å²) in [6.45, 7) is 8.43. The van der Waals surface area contributed by atoms with Crippen LogP contribution in [0.5, 0.6) is 0 Å². The summed E-state index contributed by atoms with van der Waals surface area (Å²) >= 11 is 0. The van der Waals surface area contributed by atoms with Gasteiger partial charge in [0.2, 0.25) is 0 Å². The van der Waals surface area contributed by atoms with Gasteiger partial charge in [-0.05, 0) is 36.6 Å². The SMILES string of the molecule is Cc1cccc(C(=O)N(CC(C)(C)C)NC(=O)c2ccccc2)c1. The number of aryl methyl sites for hydroxylation is 1. The lowest BCUT2D eigenvalue weighted by atomic mass is 9.96. The number of hydrogen-bond donors (Lipinski definition) is 1. The van der Waals surface area contributed by atoms with Crippen LogP contribution >= 0.6 is 0 Å². The van der Waals surface area contributed by atoms with E-state index in [1.807, 2.05) is 52.0 Å². The lowest BCUT2D eigenvalue weighted by Gasteiger charge is -2.30.